The molecular formula is C16H21BCl2N2O3. The number of halogens is 2. The molecule has 1 aromatic heterocycles. The van der Waals surface area contributed by atoms with Crippen molar-refractivity contribution in [3.05, 3.63) is 33.5 Å². The third kappa shape index (κ3) is 4.12. The Hall–Kier alpha value is -1.08. The second-order valence-electron chi connectivity index (χ2n) is 6.71. The molecule has 0 aromatic carbocycles. The predicted octanol–water partition coefficient (Wildman–Crippen LogP) is 3.54. The van der Waals surface area contributed by atoms with Crippen LogP contribution in [0.5, 0.6) is 0 Å². The van der Waals surface area contributed by atoms with Crippen molar-refractivity contribution in [2.24, 2.45) is 0 Å². The number of nitrogens with one attached hydrogen (secondary N) is 1. The monoisotopic (exact) mass is 370 g/mol. The van der Waals surface area contributed by atoms with E-state index in [1.807, 2.05) is 27.7 Å². The van der Waals surface area contributed by atoms with E-state index in [0.717, 1.165) is 0 Å². The molecule has 24 heavy (non-hydrogen) atoms. The van der Waals surface area contributed by atoms with E-state index in [0.29, 0.717) is 16.1 Å². The van der Waals surface area contributed by atoms with E-state index >= 15 is 0 Å². The van der Waals surface area contributed by atoms with Crippen LogP contribution in [0, 0.1) is 0 Å². The summed E-state index contributed by atoms with van der Waals surface area (Å²) in [5, 5.41) is 3.50. The van der Waals surface area contributed by atoms with Crippen LogP contribution in [0.25, 0.3) is 6.08 Å². The van der Waals surface area contributed by atoms with Crippen LogP contribution in [-0.2, 0) is 14.1 Å². The minimum Gasteiger partial charge on any atom is -0.400 e. The normalized spacial score (nSPS) is 19.5. The predicted molar refractivity (Wildman–Crippen MR) is 97.0 cm³/mol. The summed E-state index contributed by atoms with van der Waals surface area (Å²) in [6.07, 6.45) is 3.29. The zero-order valence-electron chi connectivity index (χ0n) is 14.4. The van der Waals surface area contributed by atoms with Crippen molar-refractivity contribution in [3.63, 3.8) is 0 Å². The van der Waals surface area contributed by atoms with Gasteiger partial charge in [0, 0.05) is 25.2 Å². The molecule has 1 fully saturated rings. The number of hydrogen-bond acceptors (Lipinski definition) is 4. The molecule has 130 valence electrons. The quantitative estimate of drug-likeness (QED) is 0.650. The van der Waals surface area contributed by atoms with E-state index in [1.54, 1.807) is 12.1 Å². The van der Waals surface area contributed by atoms with Crippen molar-refractivity contribution in [2.75, 3.05) is 6.54 Å². The Kier molecular flexibility index (Phi) is 5.65. The highest BCUT2D eigenvalue weighted by atomic mass is 35.5. The van der Waals surface area contributed by atoms with Gasteiger partial charge in [-0.05, 0) is 39.2 Å². The van der Waals surface area contributed by atoms with Gasteiger partial charge in [0.15, 0.2) is 0 Å². The van der Waals surface area contributed by atoms with Crippen LogP contribution in [0.4, 0.5) is 0 Å². The molecule has 1 aliphatic heterocycles. The van der Waals surface area contributed by atoms with E-state index < -0.39 is 18.3 Å². The molecule has 0 spiro atoms. The minimum atomic E-state index is -0.616. The number of carbonyl (C=O) groups is 1. The van der Waals surface area contributed by atoms with Gasteiger partial charge in [-0.25, -0.2) is 4.98 Å². The molecule has 5 nitrogen and oxygen atoms in total. The first-order valence-electron chi connectivity index (χ1n) is 7.64. The van der Waals surface area contributed by atoms with Crippen LogP contribution in [0.3, 0.4) is 0 Å². The molecule has 0 unspecified atom stereocenters. The lowest BCUT2D eigenvalue weighted by Crippen LogP contribution is -2.41. The largest absolute Gasteiger partial charge is 0.492 e. The second kappa shape index (κ2) is 7.04. The van der Waals surface area contributed by atoms with Crippen molar-refractivity contribution in [1.82, 2.24) is 10.3 Å². The molecule has 2 rings (SSSR count). The molecule has 1 aliphatic rings. The topological polar surface area (TPSA) is 60.5 Å². The zero-order chi connectivity index (χ0) is 18.1. The van der Waals surface area contributed by atoms with Gasteiger partial charge in [0.1, 0.15) is 5.15 Å². The Morgan fingerprint density at radius 3 is 2.38 bits per heavy atom. The minimum absolute atomic E-state index is 0.152. The number of hydrogen-bond donors (Lipinski definition) is 1. The third-order valence-corrected chi connectivity index (χ3v) is 4.95. The van der Waals surface area contributed by atoms with Crippen molar-refractivity contribution >= 4 is 42.3 Å². The van der Waals surface area contributed by atoms with Gasteiger partial charge in [0.05, 0.1) is 16.2 Å². The smallest absolute Gasteiger partial charge is 0.400 e. The van der Waals surface area contributed by atoms with E-state index in [-0.39, 0.29) is 17.6 Å². The maximum Gasteiger partial charge on any atom is 0.492 e. The average molecular weight is 371 g/mol. The number of carbonyl (C=O) groups excluding carboxylic acids is 1. The third-order valence-electron chi connectivity index (χ3n) is 4.32. The first kappa shape index (κ1) is 19.3. The van der Waals surface area contributed by atoms with Gasteiger partial charge in [0.2, 0.25) is 5.91 Å². The van der Waals surface area contributed by atoms with E-state index in [4.69, 9.17) is 32.5 Å². The highest BCUT2D eigenvalue weighted by Gasteiger charge is 2.52. The first-order chi connectivity index (χ1) is 11.0. The summed E-state index contributed by atoms with van der Waals surface area (Å²) in [7, 11) is -0.616. The molecule has 1 amide bonds. The van der Waals surface area contributed by atoms with Crippen molar-refractivity contribution in [2.45, 2.75) is 45.8 Å². The summed E-state index contributed by atoms with van der Waals surface area (Å²) < 4.78 is 12.1. The summed E-state index contributed by atoms with van der Waals surface area (Å²) in [4.78, 5) is 15.4. The Bertz CT molecular complexity index is 641. The molecular weight excluding hydrogens is 350 g/mol. The van der Waals surface area contributed by atoms with E-state index in [1.165, 1.54) is 13.1 Å². The lowest BCUT2D eigenvalue weighted by Gasteiger charge is -2.32. The van der Waals surface area contributed by atoms with Gasteiger partial charge in [-0.2, -0.15) is 0 Å². The average Bonchev–Trinajstić information content (AvgIpc) is 2.65. The molecule has 0 atom stereocenters. The molecule has 0 bridgehead atoms. The van der Waals surface area contributed by atoms with E-state index in [9.17, 15) is 4.79 Å². The standard InChI is InChI=1S/C16H21BCl2N2O3/c1-10(22)21-9-11(8-12-13(18)6-7-20-14(12)19)17-23-15(2,3)16(4,5)24-17/h6-8H,9H2,1-5H3,(H,21,22). The highest BCUT2D eigenvalue weighted by Crippen LogP contribution is 2.39. The molecule has 0 radical (unpaired) electrons. The van der Waals surface area contributed by atoms with Gasteiger partial charge < -0.3 is 14.6 Å². The van der Waals surface area contributed by atoms with Crippen molar-refractivity contribution in [1.29, 1.82) is 0 Å². The fourth-order valence-corrected chi connectivity index (χ4v) is 2.62. The van der Waals surface area contributed by atoms with Crippen LogP contribution in [0.1, 0.15) is 40.2 Å². The van der Waals surface area contributed by atoms with Gasteiger partial charge >= 0.3 is 7.12 Å². The number of nitrogens with zero attached hydrogens (tertiary/aromatic N) is 1. The van der Waals surface area contributed by atoms with Crippen LogP contribution < -0.4 is 5.32 Å². The van der Waals surface area contributed by atoms with Crippen molar-refractivity contribution in [3.8, 4) is 0 Å². The number of rotatable bonds is 4. The van der Waals surface area contributed by atoms with E-state index in [2.05, 4.69) is 10.3 Å². The number of pyridine rings is 1. The summed E-state index contributed by atoms with van der Waals surface area (Å²) in [5.41, 5.74) is 0.293. The fourth-order valence-electron chi connectivity index (χ4n) is 2.16. The highest BCUT2D eigenvalue weighted by molar-refractivity contribution is 6.56. The van der Waals surface area contributed by atoms with Crippen LogP contribution >= 0.6 is 23.2 Å². The summed E-state index contributed by atoms with van der Waals surface area (Å²) in [6.45, 7) is 9.57. The second-order valence-corrected chi connectivity index (χ2v) is 7.48. The number of amides is 1. The maximum absolute atomic E-state index is 11.3. The van der Waals surface area contributed by atoms with Gasteiger partial charge in [0.25, 0.3) is 0 Å². The Labute approximate surface area is 152 Å². The number of aromatic nitrogens is 1. The summed E-state index contributed by atoms with van der Waals surface area (Å²) in [5.74, 6) is -0.152. The van der Waals surface area contributed by atoms with Crippen LogP contribution in [-0.4, -0.2) is 35.8 Å². The van der Waals surface area contributed by atoms with Gasteiger partial charge in [-0.3, -0.25) is 4.79 Å². The van der Waals surface area contributed by atoms with Gasteiger partial charge in [-0.1, -0.05) is 29.3 Å². The molecule has 1 aromatic rings. The SMILES string of the molecule is CC(=O)NCC(=Cc1c(Cl)ccnc1Cl)B1OC(C)(C)C(C)(C)O1. The first-order valence-corrected chi connectivity index (χ1v) is 8.39. The Balaban J connectivity index is 2.39. The maximum atomic E-state index is 11.3. The molecule has 8 heteroatoms. The molecule has 2 heterocycles. The van der Waals surface area contributed by atoms with Crippen LogP contribution in [0.2, 0.25) is 10.2 Å². The lowest BCUT2D eigenvalue weighted by atomic mass is 9.77. The summed E-state index contributed by atoms with van der Waals surface area (Å²) in [6, 6.07) is 1.65. The lowest BCUT2D eigenvalue weighted by molar-refractivity contribution is -0.118. The Morgan fingerprint density at radius 2 is 1.88 bits per heavy atom. The molecule has 0 saturated carbocycles. The summed E-state index contributed by atoms with van der Waals surface area (Å²) >= 11 is 12.4. The molecule has 1 saturated heterocycles. The van der Waals surface area contributed by atoms with Crippen LogP contribution in [0.15, 0.2) is 17.7 Å². The fraction of sp³-hybridized carbons (Fsp3) is 0.500. The van der Waals surface area contributed by atoms with Gasteiger partial charge in [-0.15, -0.1) is 0 Å². The Morgan fingerprint density at radius 1 is 1.29 bits per heavy atom. The zero-order valence-corrected chi connectivity index (χ0v) is 16.0. The van der Waals surface area contributed by atoms with Crippen molar-refractivity contribution < 1.29 is 14.1 Å². The molecule has 0 aliphatic carbocycles. The molecule has 1 N–H and O–H groups in total.